The van der Waals surface area contributed by atoms with Crippen molar-refractivity contribution in [1.29, 1.82) is 0 Å². The Kier molecular flexibility index (Phi) is 6.66. The Labute approximate surface area is 165 Å². The van der Waals surface area contributed by atoms with Crippen molar-refractivity contribution in [2.45, 2.75) is 37.5 Å². The number of hydrogen-bond acceptors (Lipinski definition) is 6. The fourth-order valence-electron chi connectivity index (χ4n) is 3.74. The number of sulfonamides is 1. The molecule has 1 amide bonds. The summed E-state index contributed by atoms with van der Waals surface area (Å²) in [4.78, 5) is 30.3. The Morgan fingerprint density at radius 1 is 1.21 bits per heavy atom. The van der Waals surface area contributed by atoms with Crippen LogP contribution in [-0.4, -0.2) is 67.3 Å². The lowest BCUT2D eigenvalue weighted by atomic mass is 9.98. The molecule has 1 aromatic heterocycles. The van der Waals surface area contributed by atoms with Gasteiger partial charge in [-0.1, -0.05) is 6.92 Å². The molecule has 0 radical (unpaired) electrons. The van der Waals surface area contributed by atoms with Crippen LogP contribution >= 0.6 is 0 Å². The van der Waals surface area contributed by atoms with Crippen LogP contribution in [0.15, 0.2) is 29.4 Å². The molecule has 0 spiro atoms. The van der Waals surface area contributed by atoms with Crippen molar-refractivity contribution in [3.63, 3.8) is 0 Å². The third kappa shape index (κ3) is 4.88. The van der Waals surface area contributed by atoms with Crippen LogP contribution in [0.4, 0.5) is 0 Å². The normalized spacial score (nSPS) is 22.0. The van der Waals surface area contributed by atoms with Crippen molar-refractivity contribution in [2.24, 2.45) is 11.8 Å². The van der Waals surface area contributed by atoms with E-state index in [1.54, 1.807) is 11.0 Å². The van der Waals surface area contributed by atoms with E-state index in [4.69, 9.17) is 4.74 Å². The maximum atomic E-state index is 12.6. The summed E-state index contributed by atoms with van der Waals surface area (Å²) in [6.45, 7) is 3.79. The van der Waals surface area contributed by atoms with Gasteiger partial charge in [-0.3, -0.25) is 14.6 Å². The first-order valence-corrected chi connectivity index (χ1v) is 11.2. The van der Waals surface area contributed by atoms with Gasteiger partial charge in [0.1, 0.15) is 4.90 Å². The first-order valence-electron chi connectivity index (χ1n) is 9.72. The highest BCUT2D eigenvalue weighted by atomic mass is 32.2. The number of nitrogens with zero attached hydrogens (tertiary/aromatic N) is 3. The van der Waals surface area contributed by atoms with Crippen molar-refractivity contribution in [3.05, 3.63) is 24.5 Å². The van der Waals surface area contributed by atoms with Crippen molar-refractivity contribution in [2.75, 3.05) is 32.8 Å². The predicted molar refractivity (Wildman–Crippen MR) is 102 cm³/mol. The topological polar surface area (TPSA) is 96.9 Å². The average Bonchev–Trinajstić information content (AvgIpc) is 2.72. The highest BCUT2D eigenvalue weighted by molar-refractivity contribution is 7.89. The molecular weight excluding hydrogens is 382 g/mol. The lowest BCUT2D eigenvalue weighted by Crippen LogP contribution is -2.43. The van der Waals surface area contributed by atoms with Crippen molar-refractivity contribution in [3.8, 4) is 0 Å². The van der Waals surface area contributed by atoms with Crippen LogP contribution in [0.5, 0.6) is 0 Å². The van der Waals surface area contributed by atoms with Gasteiger partial charge in [0.05, 0.1) is 5.92 Å². The van der Waals surface area contributed by atoms with Gasteiger partial charge in [-0.05, 0) is 43.7 Å². The van der Waals surface area contributed by atoms with Crippen LogP contribution in [-0.2, 0) is 24.3 Å². The first-order chi connectivity index (χ1) is 13.4. The molecule has 1 unspecified atom stereocenters. The third-order valence-electron chi connectivity index (χ3n) is 5.41. The molecule has 2 aliphatic rings. The van der Waals surface area contributed by atoms with Gasteiger partial charge in [0, 0.05) is 38.6 Å². The number of carbonyl (C=O) groups is 2. The van der Waals surface area contributed by atoms with Crippen molar-refractivity contribution >= 4 is 21.9 Å². The maximum absolute atomic E-state index is 12.6. The second-order valence-electron chi connectivity index (χ2n) is 7.56. The van der Waals surface area contributed by atoms with Gasteiger partial charge in [-0.25, -0.2) is 8.42 Å². The molecule has 1 atom stereocenters. The van der Waals surface area contributed by atoms with Gasteiger partial charge < -0.3 is 9.64 Å². The SMILES string of the molecule is CC1CCCN(C(=O)COC(=O)C2CCN(S(=O)(=O)c3cccnc3)CC2)C1. The number of carbonyl (C=O) groups excluding carboxylic acids is 2. The van der Waals surface area contributed by atoms with Gasteiger partial charge in [-0.15, -0.1) is 0 Å². The lowest BCUT2D eigenvalue weighted by molar-refractivity contribution is -0.157. The van der Waals surface area contributed by atoms with Crippen molar-refractivity contribution in [1.82, 2.24) is 14.2 Å². The zero-order chi connectivity index (χ0) is 20.1. The number of hydrogen-bond donors (Lipinski definition) is 0. The molecule has 9 heteroatoms. The highest BCUT2D eigenvalue weighted by Gasteiger charge is 2.33. The Morgan fingerprint density at radius 3 is 2.61 bits per heavy atom. The first kappa shape index (κ1) is 20.7. The number of ether oxygens (including phenoxy) is 1. The molecule has 0 N–H and O–H groups in total. The second-order valence-corrected chi connectivity index (χ2v) is 9.50. The number of pyridine rings is 1. The molecule has 28 heavy (non-hydrogen) atoms. The van der Waals surface area contributed by atoms with Crippen LogP contribution < -0.4 is 0 Å². The summed E-state index contributed by atoms with van der Waals surface area (Å²) in [5, 5.41) is 0. The van der Waals surface area contributed by atoms with Gasteiger partial charge in [0.2, 0.25) is 10.0 Å². The maximum Gasteiger partial charge on any atom is 0.309 e. The minimum Gasteiger partial charge on any atom is -0.455 e. The molecule has 0 saturated carbocycles. The standard InChI is InChI=1S/C19H27N3O5S/c1-15-4-3-9-21(13-15)18(23)14-27-19(24)16-6-10-22(11-7-16)28(25,26)17-5-2-8-20-12-17/h2,5,8,12,15-16H,3-4,6-7,9-11,13-14H2,1H3. The van der Waals surface area contributed by atoms with Crippen LogP contribution in [0.3, 0.4) is 0 Å². The van der Waals surface area contributed by atoms with Crippen LogP contribution in [0.25, 0.3) is 0 Å². The molecule has 2 saturated heterocycles. The number of amides is 1. The van der Waals surface area contributed by atoms with Gasteiger partial charge in [-0.2, -0.15) is 4.31 Å². The van der Waals surface area contributed by atoms with E-state index in [2.05, 4.69) is 11.9 Å². The number of likely N-dealkylation sites (tertiary alicyclic amines) is 1. The molecule has 8 nitrogen and oxygen atoms in total. The zero-order valence-corrected chi connectivity index (χ0v) is 16.9. The zero-order valence-electron chi connectivity index (χ0n) is 16.1. The Hall–Kier alpha value is -2.00. The minimum atomic E-state index is -3.60. The van der Waals surface area contributed by atoms with Gasteiger partial charge in [0.25, 0.3) is 5.91 Å². The van der Waals surface area contributed by atoms with E-state index in [0.29, 0.717) is 31.8 Å². The number of rotatable bonds is 5. The largest absolute Gasteiger partial charge is 0.455 e. The second kappa shape index (κ2) is 9.00. The summed E-state index contributed by atoms with van der Waals surface area (Å²) in [6.07, 6.45) is 5.70. The number of aromatic nitrogens is 1. The monoisotopic (exact) mass is 409 g/mol. The summed E-state index contributed by atoms with van der Waals surface area (Å²) in [5.41, 5.74) is 0. The third-order valence-corrected chi connectivity index (χ3v) is 7.29. The highest BCUT2D eigenvalue weighted by Crippen LogP contribution is 2.24. The van der Waals surface area contributed by atoms with E-state index >= 15 is 0 Å². The van der Waals surface area contributed by atoms with E-state index in [0.717, 1.165) is 12.8 Å². The quantitative estimate of drug-likeness (QED) is 0.680. The number of piperidine rings is 2. The van der Waals surface area contributed by atoms with Crippen LogP contribution in [0.1, 0.15) is 32.6 Å². The van der Waals surface area contributed by atoms with E-state index in [9.17, 15) is 18.0 Å². The number of esters is 1. The summed E-state index contributed by atoms with van der Waals surface area (Å²) < 4.78 is 31.8. The van der Waals surface area contributed by atoms with E-state index in [1.165, 1.54) is 22.8 Å². The van der Waals surface area contributed by atoms with E-state index in [-0.39, 0.29) is 36.4 Å². The van der Waals surface area contributed by atoms with E-state index < -0.39 is 16.0 Å². The van der Waals surface area contributed by atoms with Crippen LogP contribution in [0, 0.1) is 11.8 Å². The summed E-state index contributed by atoms with van der Waals surface area (Å²) in [7, 11) is -3.60. The molecule has 3 heterocycles. The van der Waals surface area contributed by atoms with Gasteiger partial charge in [0.15, 0.2) is 6.61 Å². The Bertz CT molecular complexity index is 791. The van der Waals surface area contributed by atoms with E-state index in [1.807, 2.05) is 0 Å². The Balaban J connectivity index is 1.47. The van der Waals surface area contributed by atoms with Gasteiger partial charge >= 0.3 is 5.97 Å². The molecule has 3 rings (SSSR count). The summed E-state index contributed by atoms with van der Waals surface area (Å²) >= 11 is 0. The summed E-state index contributed by atoms with van der Waals surface area (Å²) in [6, 6.07) is 3.09. The fraction of sp³-hybridized carbons (Fsp3) is 0.632. The molecule has 2 fully saturated rings. The average molecular weight is 410 g/mol. The predicted octanol–water partition coefficient (Wildman–Crippen LogP) is 1.28. The van der Waals surface area contributed by atoms with Crippen LogP contribution in [0.2, 0.25) is 0 Å². The van der Waals surface area contributed by atoms with Crippen molar-refractivity contribution < 1.29 is 22.7 Å². The fourth-order valence-corrected chi connectivity index (χ4v) is 5.17. The lowest BCUT2D eigenvalue weighted by Gasteiger charge is -2.31. The summed E-state index contributed by atoms with van der Waals surface area (Å²) in [5.74, 6) is -0.485. The molecule has 2 aliphatic heterocycles. The molecule has 154 valence electrons. The molecule has 0 bridgehead atoms. The minimum absolute atomic E-state index is 0.150. The Morgan fingerprint density at radius 2 is 1.96 bits per heavy atom. The molecule has 0 aromatic carbocycles. The molecule has 1 aromatic rings. The smallest absolute Gasteiger partial charge is 0.309 e. The molecule has 0 aliphatic carbocycles. The molecular formula is C19H27N3O5S.